The number of benzene rings is 1. The number of hydrogen-bond acceptors (Lipinski definition) is 5. The first kappa shape index (κ1) is 24.5. The maximum atomic E-state index is 12.9. The van der Waals surface area contributed by atoms with Gasteiger partial charge in [-0.05, 0) is 67.7 Å². The van der Waals surface area contributed by atoms with Crippen molar-refractivity contribution in [2.45, 2.75) is 25.4 Å². The molecule has 4 aromatic rings. The van der Waals surface area contributed by atoms with Gasteiger partial charge in [-0.2, -0.15) is 0 Å². The zero-order valence-electron chi connectivity index (χ0n) is 20.7. The predicted molar refractivity (Wildman–Crippen MR) is 147 cm³/mol. The van der Waals surface area contributed by atoms with Crippen LogP contribution in [0.5, 0.6) is 5.75 Å². The second kappa shape index (κ2) is 10.8. The molecule has 1 saturated heterocycles. The lowest BCUT2D eigenvalue weighted by atomic mass is 10.0. The summed E-state index contributed by atoms with van der Waals surface area (Å²) >= 11 is 5.80. The molecule has 0 bridgehead atoms. The molecule has 3 aromatic heterocycles. The van der Waals surface area contributed by atoms with Crippen LogP contribution in [0.3, 0.4) is 0 Å². The summed E-state index contributed by atoms with van der Waals surface area (Å²) in [5, 5.41) is 7.01. The molecule has 0 spiro atoms. The molecule has 1 amide bonds. The smallest absolute Gasteiger partial charge is 0.226 e. The number of pyridine rings is 2. The minimum atomic E-state index is -0.185. The number of aromatic nitrogens is 3. The van der Waals surface area contributed by atoms with Crippen molar-refractivity contribution in [3.63, 3.8) is 0 Å². The second-order valence-electron chi connectivity index (χ2n) is 8.76. The molecule has 1 fully saturated rings. The fraction of sp³-hybridized carbons (Fsp3) is 0.214. The number of thiocarbonyl (C=S) groups is 1. The molecule has 9 heteroatoms. The number of hydrogen-bond donors (Lipinski definition) is 2. The van der Waals surface area contributed by atoms with Crippen molar-refractivity contribution in [1.29, 1.82) is 0 Å². The first-order chi connectivity index (χ1) is 18.1. The minimum Gasteiger partial charge on any atom is -0.495 e. The number of nitrogens with one attached hydrogen (secondary N) is 2. The molecule has 0 aliphatic carbocycles. The Kier molecular flexibility index (Phi) is 7.14. The summed E-state index contributed by atoms with van der Waals surface area (Å²) in [5.41, 5.74) is 4.60. The third kappa shape index (κ3) is 5.03. The normalized spacial score (nSPS) is 16.9. The zero-order chi connectivity index (χ0) is 25.8. The average Bonchev–Trinajstić information content (AvgIpc) is 3.47. The van der Waals surface area contributed by atoms with Crippen LogP contribution in [0.25, 0.3) is 5.69 Å². The van der Waals surface area contributed by atoms with E-state index in [0.717, 1.165) is 22.8 Å². The molecular formula is C28H28N6O2S. The second-order valence-corrected chi connectivity index (χ2v) is 9.15. The van der Waals surface area contributed by atoms with Crippen LogP contribution in [0.4, 0.5) is 5.69 Å². The van der Waals surface area contributed by atoms with E-state index in [1.807, 2.05) is 60.8 Å². The summed E-state index contributed by atoms with van der Waals surface area (Å²) in [6.07, 6.45) is 5.64. The summed E-state index contributed by atoms with van der Waals surface area (Å²) in [7, 11) is 1.58. The van der Waals surface area contributed by atoms with E-state index in [2.05, 4.69) is 49.1 Å². The van der Waals surface area contributed by atoms with E-state index >= 15 is 0 Å². The first-order valence-electron chi connectivity index (χ1n) is 12.1. The molecule has 5 rings (SSSR count). The van der Waals surface area contributed by atoms with Crippen LogP contribution in [0.15, 0.2) is 85.3 Å². The highest BCUT2D eigenvalue weighted by atomic mass is 32.1. The molecule has 8 nitrogen and oxygen atoms in total. The van der Waals surface area contributed by atoms with Gasteiger partial charge >= 0.3 is 0 Å². The number of aryl methyl sites for hydroxylation is 1. The van der Waals surface area contributed by atoms with Crippen molar-refractivity contribution < 1.29 is 9.53 Å². The van der Waals surface area contributed by atoms with Crippen LogP contribution in [-0.2, 0) is 4.79 Å². The van der Waals surface area contributed by atoms with Crippen LogP contribution in [0.1, 0.15) is 35.6 Å². The highest BCUT2D eigenvalue weighted by Gasteiger charge is 2.41. The van der Waals surface area contributed by atoms with Gasteiger partial charge in [0.25, 0.3) is 0 Å². The monoisotopic (exact) mass is 512 g/mol. The lowest BCUT2D eigenvalue weighted by Gasteiger charge is -2.29. The van der Waals surface area contributed by atoms with Gasteiger partial charge in [-0.15, -0.1) is 0 Å². The highest BCUT2D eigenvalue weighted by molar-refractivity contribution is 7.80. The molecule has 1 aliphatic heterocycles. The molecule has 2 N–H and O–H groups in total. The van der Waals surface area contributed by atoms with Gasteiger partial charge in [-0.3, -0.25) is 14.8 Å². The van der Waals surface area contributed by atoms with Crippen molar-refractivity contribution in [2.24, 2.45) is 0 Å². The molecule has 1 aliphatic rings. The maximum Gasteiger partial charge on any atom is 0.226 e. The lowest BCUT2D eigenvalue weighted by Crippen LogP contribution is -2.33. The summed E-state index contributed by atoms with van der Waals surface area (Å²) < 4.78 is 7.55. The molecule has 1 aromatic carbocycles. The van der Waals surface area contributed by atoms with Crippen molar-refractivity contribution in [1.82, 2.24) is 24.8 Å². The summed E-state index contributed by atoms with van der Waals surface area (Å²) in [4.78, 5) is 24.0. The van der Waals surface area contributed by atoms with Gasteiger partial charge < -0.3 is 24.8 Å². The Balaban J connectivity index is 1.46. The van der Waals surface area contributed by atoms with Crippen molar-refractivity contribution in [2.75, 3.05) is 19.0 Å². The third-order valence-electron chi connectivity index (χ3n) is 6.47. The SMILES string of the molecule is COc1ccccc1NC(=O)CCN1C(=S)NC(c2ccccn2)C1c1ccc(C)n1-c1cccnc1. The molecule has 2 unspecified atom stereocenters. The van der Waals surface area contributed by atoms with Gasteiger partial charge in [-0.25, -0.2) is 0 Å². The maximum absolute atomic E-state index is 12.9. The minimum absolute atomic E-state index is 0.119. The van der Waals surface area contributed by atoms with Crippen molar-refractivity contribution in [3.05, 3.63) is 102 Å². The molecule has 4 heterocycles. The Morgan fingerprint density at radius 2 is 1.92 bits per heavy atom. The molecule has 0 saturated carbocycles. The zero-order valence-corrected chi connectivity index (χ0v) is 21.5. The van der Waals surface area contributed by atoms with E-state index in [9.17, 15) is 4.79 Å². The predicted octanol–water partition coefficient (Wildman–Crippen LogP) is 4.59. The molecular weight excluding hydrogens is 484 g/mol. The third-order valence-corrected chi connectivity index (χ3v) is 6.82. The number of carbonyl (C=O) groups excluding carboxylic acids is 1. The fourth-order valence-electron chi connectivity index (χ4n) is 4.78. The Bertz CT molecular complexity index is 1390. The number of methoxy groups -OCH3 is 1. The van der Waals surface area contributed by atoms with Crippen LogP contribution < -0.4 is 15.4 Å². The van der Waals surface area contributed by atoms with Gasteiger partial charge in [0, 0.05) is 36.7 Å². The summed E-state index contributed by atoms with van der Waals surface area (Å²) in [6.45, 7) is 2.50. The Labute approximate surface area is 221 Å². The number of amides is 1. The Hall–Kier alpha value is -4.24. The van der Waals surface area contributed by atoms with E-state index in [0.29, 0.717) is 23.1 Å². The molecule has 0 radical (unpaired) electrons. The molecule has 2 atom stereocenters. The number of para-hydroxylation sites is 2. The van der Waals surface area contributed by atoms with E-state index in [1.165, 1.54) is 0 Å². The average molecular weight is 513 g/mol. The highest BCUT2D eigenvalue weighted by Crippen LogP contribution is 2.40. The number of nitrogens with zero attached hydrogens (tertiary/aromatic N) is 4. The topological polar surface area (TPSA) is 84.3 Å². The summed E-state index contributed by atoms with van der Waals surface area (Å²) in [6, 6.07) is 21.0. The number of anilines is 1. The number of rotatable bonds is 8. The lowest BCUT2D eigenvalue weighted by molar-refractivity contribution is -0.116. The van der Waals surface area contributed by atoms with E-state index in [-0.39, 0.29) is 24.4 Å². The van der Waals surface area contributed by atoms with Crippen molar-refractivity contribution >= 4 is 28.9 Å². The number of ether oxygens (including phenoxy) is 1. The van der Waals surface area contributed by atoms with E-state index < -0.39 is 0 Å². The molecule has 37 heavy (non-hydrogen) atoms. The van der Waals surface area contributed by atoms with Gasteiger partial charge in [-0.1, -0.05) is 18.2 Å². The molecule has 188 valence electrons. The summed E-state index contributed by atoms with van der Waals surface area (Å²) in [5.74, 6) is 0.498. The van der Waals surface area contributed by atoms with Crippen LogP contribution in [0.2, 0.25) is 0 Å². The van der Waals surface area contributed by atoms with Gasteiger partial charge in [0.2, 0.25) is 5.91 Å². The Morgan fingerprint density at radius 3 is 2.68 bits per heavy atom. The van der Waals surface area contributed by atoms with E-state index in [4.69, 9.17) is 17.0 Å². The van der Waals surface area contributed by atoms with Crippen LogP contribution in [0, 0.1) is 6.92 Å². The quantitative estimate of drug-likeness (QED) is 0.334. The van der Waals surface area contributed by atoms with Gasteiger partial charge in [0.05, 0.1) is 42.5 Å². The van der Waals surface area contributed by atoms with E-state index in [1.54, 1.807) is 19.5 Å². The standard InChI is InChI=1S/C28H28N6O2S/c1-19-12-13-23(34(19)20-8-7-15-29-18-20)27-26(22-10-5-6-16-30-22)32-28(37)33(27)17-14-25(35)31-21-9-3-4-11-24(21)36-2/h3-13,15-16,18,26-27H,14,17H2,1-2H3,(H,31,35)(H,32,37). The number of carbonyl (C=O) groups is 1. The first-order valence-corrected chi connectivity index (χ1v) is 12.5. The van der Waals surface area contributed by atoms with Crippen molar-refractivity contribution in [3.8, 4) is 11.4 Å². The van der Waals surface area contributed by atoms with Crippen LogP contribution >= 0.6 is 12.2 Å². The van der Waals surface area contributed by atoms with Gasteiger partial charge in [0.1, 0.15) is 5.75 Å². The fourth-order valence-corrected chi connectivity index (χ4v) is 5.11. The van der Waals surface area contributed by atoms with Crippen LogP contribution in [-0.4, -0.2) is 44.1 Å². The largest absolute Gasteiger partial charge is 0.495 e. The van der Waals surface area contributed by atoms with Gasteiger partial charge in [0.15, 0.2) is 5.11 Å². The Morgan fingerprint density at radius 1 is 1.08 bits per heavy atom.